The zero-order chi connectivity index (χ0) is 21.7. The summed E-state index contributed by atoms with van der Waals surface area (Å²) in [5.41, 5.74) is 0.320. The Kier molecular flexibility index (Phi) is 6.61. The SMILES string of the molecule is CCn1c(=O)c2ccccc2n(CC(=O)NCCc2ccc(OC(F)F)cc2)c1=O. The van der Waals surface area contributed by atoms with E-state index >= 15 is 0 Å². The van der Waals surface area contributed by atoms with Gasteiger partial charge in [0, 0.05) is 13.1 Å². The second-order valence-corrected chi connectivity index (χ2v) is 6.56. The van der Waals surface area contributed by atoms with Crippen molar-refractivity contribution in [3.8, 4) is 5.75 Å². The van der Waals surface area contributed by atoms with Gasteiger partial charge < -0.3 is 10.1 Å². The van der Waals surface area contributed by atoms with Gasteiger partial charge >= 0.3 is 12.3 Å². The molecular formula is C21H21F2N3O4. The number of nitrogens with one attached hydrogen (secondary N) is 1. The third kappa shape index (κ3) is 4.73. The van der Waals surface area contributed by atoms with Crippen molar-refractivity contribution in [1.82, 2.24) is 14.5 Å². The molecule has 1 amide bonds. The molecule has 3 rings (SSSR count). The quantitative estimate of drug-likeness (QED) is 0.609. The standard InChI is InChI=1S/C21H21F2N3O4/c1-2-25-19(28)16-5-3-4-6-17(16)26(21(25)29)13-18(27)24-12-11-14-7-9-15(10-8-14)30-20(22)23/h3-10,20H,2,11-13H2,1H3,(H,24,27). The van der Waals surface area contributed by atoms with Gasteiger partial charge in [-0.2, -0.15) is 8.78 Å². The molecule has 1 N–H and O–H groups in total. The molecule has 7 nitrogen and oxygen atoms in total. The molecule has 0 saturated carbocycles. The van der Waals surface area contributed by atoms with Crippen molar-refractivity contribution in [3.05, 3.63) is 74.9 Å². The number of rotatable bonds is 8. The van der Waals surface area contributed by atoms with Crippen LogP contribution in [0.4, 0.5) is 8.78 Å². The molecule has 0 fully saturated rings. The Bertz CT molecular complexity index is 1150. The first-order valence-electron chi connectivity index (χ1n) is 9.43. The molecule has 0 aliphatic rings. The van der Waals surface area contributed by atoms with Gasteiger partial charge in [0.25, 0.3) is 5.56 Å². The Balaban J connectivity index is 1.67. The third-order valence-corrected chi connectivity index (χ3v) is 4.63. The van der Waals surface area contributed by atoms with Crippen molar-refractivity contribution >= 4 is 16.8 Å². The van der Waals surface area contributed by atoms with E-state index in [1.54, 1.807) is 43.3 Å². The van der Waals surface area contributed by atoms with Gasteiger partial charge in [-0.25, -0.2) is 4.79 Å². The van der Waals surface area contributed by atoms with Gasteiger partial charge in [0.15, 0.2) is 0 Å². The number of amides is 1. The van der Waals surface area contributed by atoms with Crippen molar-refractivity contribution in [3.63, 3.8) is 0 Å². The van der Waals surface area contributed by atoms with E-state index in [4.69, 9.17) is 0 Å². The number of halogens is 2. The summed E-state index contributed by atoms with van der Waals surface area (Å²) >= 11 is 0. The van der Waals surface area contributed by atoms with Gasteiger partial charge in [-0.3, -0.25) is 18.7 Å². The normalized spacial score (nSPS) is 11.1. The van der Waals surface area contributed by atoms with Crippen LogP contribution in [0, 0.1) is 0 Å². The molecule has 30 heavy (non-hydrogen) atoms. The number of carbonyl (C=O) groups is 1. The topological polar surface area (TPSA) is 82.3 Å². The van der Waals surface area contributed by atoms with Crippen molar-refractivity contribution in [2.24, 2.45) is 0 Å². The van der Waals surface area contributed by atoms with E-state index in [1.165, 1.54) is 16.7 Å². The second kappa shape index (κ2) is 9.34. The molecule has 0 bridgehead atoms. The van der Waals surface area contributed by atoms with Gasteiger partial charge in [0.2, 0.25) is 5.91 Å². The molecule has 0 radical (unpaired) electrons. The molecule has 0 unspecified atom stereocenters. The van der Waals surface area contributed by atoms with Crippen molar-refractivity contribution in [2.45, 2.75) is 33.0 Å². The van der Waals surface area contributed by atoms with Crippen LogP contribution in [-0.4, -0.2) is 28.2 Å². The van der Waals surface area contributed by atoms with Gasteiger partial charge in [-0.05, 0) is 43.2 Å². The zero-order valence-electron chi connectivity index (χ0n) is 16.3. The Morgan fingerprint density at radius 2 is 1.77 bits per heavy atom. The Hall–Kier alpha value is -3.49. The lowest BCUT2D eigenvalue weighted by Gasteiger charge is -2.13. The van der Waals surface area contributed by atoms with Crippen LogP contribution >= 0.6 is 0 Å². The predicted octanol–water partition coefficient (Wildman–Crippen LogP) is 2.14. The highest BCUT2D eigenvalue weighted by atomic mass is 19.3. The predicted molar refractivity (Wildman–Crippen MR) is 108 cm³/mol. The number of carbonyl (C=O) groups excluding carboxylic acids is 1. The first kappa shape index (κ1) is 21.2. The summed E-state index contributed by atoms with van der Waals surface area (Å²) in [5, 5.41) is 3.11. The lowest BCUT2D eigenvalue weighted by Crippen LogP contribution is -2.42. The number of hydrogen-bond donors (Lipinski definition) is 1. The summed E-state index contributed by atoms with van der Waals surface area (Å²) in [6, 6.07) is 12.8. The molecule has 0 aliphatic heterocycles. The molecule has 3 aromatic rings. The highest BCUT2D eigenvalue weighted by Crippen LogP contribution is 2.15. The lowest BCUT2D eigenvalue weighted by atomic mass is 10.1. The third-order valence-electron chi connectivity index (χ3n) is 4.63. The molecular weight excluding hydrogens is 396 g/mol. The number of para-hydroxylation sites is 1. The minimum Gasteiger partial charge on any atom is -0.435 e. The van der Waals surface area contributed by atoms with Crippen molar-refractivity contribution < 1.29 is 18.3 Å². The number of aromatic nitrogens is 2. The molecule has 1 heterocycles. The number of ether oxygens (including phenoxy) is 1. The van der Waals surface area contributed by atoms with E-state index < -0.39 is 12.3 Å². The summed E-state index contributed by atoms with van der Waals surface area (Å²) in [4.78, 5) is 37.5. The molecule has 9 heteroatoms. The number of fused-ring (bicyclic) bond motifs is 1. The van der Waals surface area contributed by atoms with E-state index in [1.807, 2.05) is 0 Å². The van der Waals surface area contributed by atoms with Crippen LogP contribution in [0.5, 0.6) is 5.75 Å². The molecule has 0 aliphatic carbocycles. The highest BCUT2D eigenvalue weighted by Gasteiger charge is 2.14. The van der Waals surface area contributed by atoms with Crippen LogP contribution < -0.4 is 21.3 Å². The average Bonchev–Trinajstić information content (AvgIpc) is 2.72. The van der Waals surface area contributed by atoms with E-state index in [0.717, 1.165) is 10.1 Å². The first-order valence-corrected chi connectivity index (χ1v) is 9.43. The molecule has 0 spiro atoms. The van der Waals surface area contributed by atoms with Gasteiger partial charge in [0.1, 0.15) is 12.3 Å². The summed E-state index contributed by atoms with van der Waals surface area (Å²) < 4.78 is 31.0. The van der Waals surface area contributed by atoms with Crippen LogP contribution in [0.2, 0.25) is 0 Å². The van der Waals surface area contributed by atoms with Crippen LogP contribution in [0.25, 0.3) is 10.9 Å². The maximum absolute atomic E-state index is 12.7. The number of alkyl halides is 2. The summed E-state index contributed by atoms with van der Waals surface area (Å²) in [6.45, 7) is -0.902. The minimum absolute atomic E-state index is 0.0649. The first-order chi connectivity index (χ1) is 14.4. The fourth-order valence-corrected chi connectivity index (χ4v) is 3.19. The minimum atomic E-state index is -2.88. The van der Waals surface area contributed by atoms with Crippen LogP contribution in [0.1, 0.15) is 12.5 Å². The molecule has 1 aromatic heterocycles. The van der Waals surface area contributed by atoms with Gasteiger partial charge in [-0.15, -0.1) is 0 Å². The molecule has 0 saturated heterocycles. The Morgan fingerprint density at radius 1 is 1.07 bits per heavy atom. The van der Waals surface area contributed by atoms with Crippen LogP contribution in [-0.2, 0) is 24.3 Å². The van der Waals surface area contributed by atoms with Gasteiger partial charge in [-0.1, -0.05) is 24.3 Å². The van der Waals surface area contributed by atoms with Crippen LogP contribution in [0.3, 0.4) is 0 Å². The second-order valence-electron chi connectivity index (χ2n) is 6.56. The number of hydrogen-bond acceptors (Lipinski definition) is 4. The Morgan fingerprint density at radius 3 is 2.43 bits per heavy atom. The van der Waals surface area contributed by atoms with E-state index in [0.29, 0.717) is 23.9 Å². The maximum atomic E-state index is 12.7. The zero-order valence-corrected chi connectivity index (χ0v) is 16.3. The molecule has 2 aromatic carbocycles. The average molecular weight is 417 g/mol. The van der Waals surface area contributed by atoms with E-state index in [2.05, 4.69) is 10.1 Å². The molecule has 0 atom stereocenters. The highest BCUT2D eigenvalue weighted by molar-refractivity contribution is 5.81. The Labute approximate surface area is 170 Å². The van der Waals surface area contributed by atoms with Crippen molar-refractivity contribution in [2.75, 3.05) is 6.54 Å². The largest absolute Gasteiger partial charge is 0.435 e. The summed E-state index contributed by atoms with van der Waals surface area (Å²) in [6.07, 6.45) is 0.477. The van der Waals surface area contributed by atoms with E-state index in [-0.39, 0.29) is 30.3 Å². The summed E-state index contributed by atoms with van der Waals surface area (Å²) in [7, 11) is 0. The molecule has 158 valence electrons. The van der Waals surface area contributed by atoms with Gasteiger partial charge in [0.05, 0.1) is 10.9 Å². The smallest absolute Gasteiger partial charge is 0.387 e. The summed E-state index contributed by atoms with van der Waals surface area (Å²) in [5.74, 6) is -0.309. The van der Waals surface area contributed by atoms with E-state index in [9.17, 15) is 23.2 Å². The fourth-order valence-electron chi connectivity index (χ4n) is 3.19. The lowest BCUT2D eigenvalue weighted by molar-refractivity contribution is -0.121. The monoisotopic (exact) mass is 417 g/mol. The number of nitrogens with zero attached hydrogens (tertiary/aromatic N) is 2. The fraction of sp³-hybridized carbons (Fsp3) is 0.286. The number of benzene rings is 2. The van der Waals surface area contributed by atoms with Crippen molar-refractivity contribution in [1.29, 1.82) is 0 Å². The maximum Gasteiger partial charge on any atom is 0.387 e. The van der Waals surface area contributed by atoms with Crippen LogP contribution in [0.15, 0.2) is 58.1 Å².